The first-order chi connectivity index (χ1) is 13.1. The minimum absolute atomic E-state index is 0.00965. The summed E-state index contributed by atoms with van der Waals surface area (Å²) in [6, 6.07) is 8.86. The van der Waals surface area contributed by atoms with E-state index in [0.717, 1.165) is 16.8 Å². The van der Waals surface area contributed by atoms with Gasteiger partial charge in [0, 0.05) is 18.5 Å². The maximum Gasteiger partial charge on any atom is 0.255 e. The molecular formula is C19H19FN4O3. The second-order valence-electron chi connectivity index (χ2n) is 6.38. The van der Waals surface area contributed by atoms with Crippen LogP contribution in [-0.4, -0.2) is 58.2 Å². The Morgan fingerprint density at radius 3 is 3.04 bits per heavy atom. The number of hydrogen-bond donors (Lipinski definition) is 1. The van der Waals surface area contributed by atoms with Gasteiger partial charge in [-0.15, -0.1) is 0 Å². The summed E-state index contributed by atoms with van der Waals surface area (Å²) in [4.78, 5) is 25.4. The van der Waals surface area contributed by atoms with Gasteiger partial charge in [-0.2, -0.15) is 0 Å². The molecule has 2 aromatic heterocycles. The molecule has 3 aromatic rings. The van der Waals surface area contributed by atoms with Crippen LogP contribution in [-0.2, 0) is 11.3 Å². The lowest BCUT2D eigenvalue weighted by molar-refractivity contribution is 0.00887. The van der Waals surface area contributed by atoms with Crippen LogP contribution in [0.5, 0.6) is 5.75 Å². The highest BCUT2D eigenvalue weighted by Gasteiger charge is 2.36. The number of pyridine rings is 1. The van der Waals surface area contributed by atoms with E-state index in [0.29, 0.717) is 11.4 Å². The number of alkyl halides is 1. The molecule has 0 aliphatic carbocycles. The molecule has 27 heavy (non-hydrogen) atoms. The number of aromatic nitrogens is 3. The Bertz CT molecular complexity index is 947. The standard InChI is InChI=1S/C19H19FN4O3/c1-26-13-4-5-15-16(7-13)23-18(22-15)11-27-17-10-24(9-14(17)20)19(25)12-3-2-6-21-8-12/h2-8,14,17H,9-11H2,1H3,(H,22,23). The average Bonchev–Trinajstić information content (AvgIpc) is 3.28. The molecule has 1 fully saturated rings. The first-order valence-electron chi connectivity index (χ1n) is 8.61. The van der Waals surface area contributed by atoms with Crippen molar-refractivity contribution in [3.63, 3.8) is 0 Å². The van der Waals surface area contributed by atoms with Gasteiger partial charge in [0.1, 0.15) is 30.5 Å². The molecule has 0 spiro atoms. The number of carbonyl (C=O) groups excluding carboxylic acids is 1. The zero-order valence-corrected chi connectivity index (χ0v) is 14.8. The number of likely N-dealkylation sites (tertiary alicyclic amines) is 1. The van der Waals surface area contributed by atoms with Gasteiger partial charge in [-0.3, -0.25) is 9.78 Å². The number of benzene rings is 1. The molecule has 4 rings (SSSR count). The number of ether oxygens (including phenoxy) is 2. The summed E-state index contributed by atoms with van der Waals surface area (Å²) in [5, 5.41) is 0. The smallest absolute Gasteiger partial charge is 0.255 e. The number of rotatable bonds is 5. The Hall–Kier alpha value is -3.00. The highest BCUT2D eigenvalue weighted by molar-refractivity contribution is 5.94. The van der Waals surface area contributed by atoms with Gasteiger partial charge in [0.25, 0.3) is 5.91 Å². The van der Waals surface area contributed by atoms with Gasteiger partial charge in [-0.25, -0.2) is 9.37 Å². The second-order valence-corrected chi connectivity index (χ2v) is 6.38. The number of aromatic amines is 1. The Balaban J connectivity index is 1.39. The molecule has 1 saturated heterocycles. The van der Waals surface area contributed by atoms with Crippen LogP contribution < -0.4 is 4.74 Å². The molecule has 1 aliphatic heterocycles. The van der Waals surface area contributed by atoms with Crippen molar-refractivity contribution in [1.82, 2.24) is 19.9 Å². The molecule has 140 valence electrons. The van der Waals surface area contributed by atoms with Gasteiger partial charge in [0.2, 0.25) is 0 Å². The largest absolute Gasteiger partial charge is 0.497 e. The van der Waals surface area contributed by atoms with E-state index < -0.39 is 12.3 Å². The zero-order valence-electron chi connectivity index (χ0n) is 14.8. The Morgan fingerprint density at radius 1 is 1.37 bits per heavy atom. The van der Waals surface area contributed by atoms with Crippen LogP contribution in [0.4, 0.5) is 4.39 Å². The summed E-state index contributed by atoms with van der Waals surface area (Å²) >= 11 is 0. The Morgan fingerprint density at radius 2 is 2.26 bits per heavy atom. The topological polar surface area (TPSA) is 80.3 Å². The highest BCUT2D eigenvalue weighted by Crippen LogP contribution is 2.22. The van der Waals surface area contributed by atoms with Gasteiger partial charge >= 0.3 is 0 Å². The monoisotopic (exact) mass is 370 g/mol. The Kier molecular flexibility index (Phi) is 4.72. The molecule has 1 N–H and O–H groups in total. The molecule has 7 nitrogen and oxygen atoms in total. The van der Waals surface area contributed by atoms with E-state index in [1.54, 1.807) is 25.4 Å². The van der Waals surface area contributed by atoms with Crippen LogP contribution in [0.25, 0.3) is 11.0 Å². The first kappa shape index (κ1) is 17.4. The fourth-order valence-corrected chi connectivity index (χ4v) is 3.15. The number of carbonyl (C=O) groups is 1. The van der Waals surface area contributed by atoms with Crippen LogP contribution in [0.3, 0.4) is 0 Å². The molecule has 0 saturated carbocycles. The van der Waals surface area contributed by atoms with E-state index in [-0.39, 0.29) is 25.6 Å². The quantitative estimate of drug-likeness (QED) is 0.746. The molecule has 1 amide bonds. The molecule has 2 atom stereocenters. The first-order valence-corrected chi connectivity index (χ1v) is 8.61. The average molecular weight is 370 g/mol. The van der Waals surface area contributed by atoms with Crippen LogP contribution in [0.1, 0.15) is 16.2 Å². The van der Waals surface area contributed by atoms with E-state index in [1.165, 1.54) is 11.1 Å². The van der Waals surface area contributed by atoms with Crippen LogP contribution in [0, 0.1) is 0 Å². The minimum Gasteiger partial charge on any atom is -0.497 e. The predicted molar refractivity (Wildman–Crippen MR) is 96.3 cm³/mol. The molecular weight excluding hydrogens is 351 g/mol. The summed E-state index contributed by atoms with van der Waals surface area (Å²) in [6.07, 6.45) is 1.14. The molecule has 0 bridgehead atoms. The summed E-state index contributed by atoms with van der Waals surface area (Å²) in [5.41, 5.74) is 2.05. The van der Waals surface area contributed by atoms with E-state index >= 15 is 0 Å². The third-order valence-electron chi connectivity index (χ3n) is 4.57. The number of fused-ring (bicyclic) bond motifs is 1. The van der Waals surface area contributed by atoms with Crippen molar-refractivity contribution in [2.45, 2.75) is 18.9 Å². The van der Waals surface area contributed by atoms with Crippen molar-refractivity contribution in [2.24, 2.45) is 0 Å². The van der Waals surface area contributed by atoms with Crippen molar-refractivity contribution in [2.75, 3.05) is 20.2 Å². The lowest BCUT2D eigenvalue weighted by Crippen LogP contribution is -2.30. The number of imidazole rings is 1. The lowest BCUT2D eigenvalue weighted by Gasteiger charge is -2.15. The maximum atomic E-state index is 14.3. The third kappa shape index (κ3) is 3.61. The minimum atomic E-state index is -1.24. The van der Waals surface area contributed by atoms with Gasteiger partial charge in [-0.05, 0) is 24.3 Å². The molecule has 0 radical (unpaired) electrons. The molecule has 1 aromatic carbocycles. The number of halogens is 1. The summed E-state index contributed by atoms with van der Waals surface area (Å²) in [6.45, 7) is 0.343. The lowest BCUT2D eigenvalue weighted by atomic mass is 10.2. The van der Waals surface area contributed by atoms with E-state index in [4.69, 9.17) is 9.47 Å². The van der Waals surface area contributed by atoms with Crippen LogP contribution >= 0.6 is 0 Å². The highest BCUT2D eigenvalue weighted by atomic mass is 19.1. The maximum absolute atomic E-state index is 14.3. The summed E-state index contributed by atoms with van der Waals surface area (Å²) in [7, 11) is 1.60. The fraction of sp³-hybridized carbons (Fsp3) is 0.316. The van der Waals surface area contributed by atoms with Crippen molar-refractivity contribution in [3.8, 4) is 5.75 Å². The van der Waals surface area contributed by atoms with Crippen molar-refractivity contribution >= 4 is 16.9 Å². The van der Waals surface area contributed by atoms with E-state index in [2.05, 4.69) is 15.0 Å². The third-order valence-corrected chi connectivity index (χ3v) is 4.57. The van der Waals surface area contributed by atoms with Crippen molar-refractivity contribution in [1.29, 1.82) is 0 Å². The van der Waals surface area contributed by atoms with E-state index in [9.17, 15) is 9.18 Å². The number of methoxy groups -OCH3 is 1. The number of nitrogens with one attached hydrogen (secondary N) is 1. The van der Waals surface area contributed by atoms with Crippen LogP contribution in [0.2, 0.25) is 0 Å². The van der Waals surface area contributed by atoms with Crippen LogP contribution in [0.15, 0.2) is 42.7 Å². The SMILES string of the molecule is COc1ccc2nc(COC3CN(C(=O)c4cccnc4)CC3F)[nH]c2c1. The van der Waals surface area contributed by atoms with Crippen molar-refractivity contribution in [3.05, 3.63) is 54.1 Å². The van der Waals surface area contributed by atoms with Crippen molar-refractivity contribution < 1.29 is 18.7 Å². The fourth-order valence-electron chi connectivity index (χ4n) is 3.15. The molecule has 2 unspecified atom stereocenters. The van der Waals surface area contributed by atoms with Gasteiger partial charge < -0.3 is 19.4 Å². The predicted octanol–water partition coefficient (Wildman–Crippen LogP) is 2.35. The second kappa shape index (κ2) is 7.32. The normalized spacial score (nSPS) is 19.6. The molecule has 1 aliphatic rings. The number of amides is 1. The zero-order chi connectivity index (χ0) is 18.8. The van der Waals surface area contributed by atoms with Gasteiger partial charge in [0.15, 0.2) is 0 Å². The number of H-pyrrole nitrogens is 1. The molecule has 3 heterocycles. The summed E-state index contributed by atoms with van der Waals surface area (Å²) < 4.78 is 25.2. The molecule has 8 heteroatoms. The number of hydrogen-bond acceptors (Lipinski definition) is 5. The number of nitrogens with zero attached hydrogens (tertiary/aromatic N) is 3. The van der Waals surface area contributed by atoms with E-state index in [1.807, 2.05) is 18.2 Å². The van der Waals surface area contributed by atoms with Gasteiger partial charge in [-0.1, -0.05) is 0 Å². The van der Waals surface area contributed by atoms with Gasteiger partial charge in [0.05, 0.1) is 36.8 Å². The Labute approximate surface area is 155 Å². The summed E-state index contributed by atoms with van der Waals surface area (Å²) in [5.74, 6) is 1.08.